The Labute approximate surface area is 91.6 Å². The second-order valence-corrected chi connectivity index (χ2v) is 4.57. The van der Waals surface area contributed by atoms with Crippen LogP contribution in [0.15, 0.2) is 24.3 Å². The van der Waals surface area contributed by atoms with Gasteiger partial charge in [0.25, 0.3) is 0 Å². The third-order valence-electron chi connectivity index (χ3n) is 2.75. The van der Waals surface area contributed by atoms with E-state index >= 15 is 0 Å². The summed E-state index contributed by atoms with van der Waals surface area (Å²) in [6.07, 6.45) is 1.72. The van der Waals surface area contributed by atoms with Gasteiger partial charge < -0.3 is 10.2 Å². The Hall–Kier alpha value is -0.860. The Bertz CT molecular complexity index is 288. The molecule has 84 valence electrons. The maximum absolute atomic E-state index is 9.23. The van der Waals surface area contributed by atoms with Crippen molar-refractivity contribution in [1.29, 1.82) is 0 Å². The van der Waals surface area contributed by atoms with Gasteiger partial charge in [-0.3, -0.25) is 0 Å². The van der Waals surface area contributed by atoms with E-state index in [4.69, 9.17) is 5.11 Å². The molecule has 0 aliphatic heterocycles. The maximum atomic E-state index is 9.23. The first-order valence-electron chi connectivity index (χ1n) is 5.41. The SMILES string of the molecule is CC(C)(CO)c1ccc(CCCO)cc1. The van der Waals surface area contributed by atoms with Crippen molar-refractivity contribution in [1.82, 2.24) is 0 Å². The van der Waals surface area contributed by atoms with Crippen molar-refractivity contribution in [3.05, 3.63) is 35.4 Å². The van der Waals surface area contributed by atoms with E-state index in [9.17, 15) is 5.11 Å². The van der Waals surface area contributed by atoms with E-state index in [0.717, 1.165) is 18.4 Å². The highest BCUT2D eigenvalue weighted by Crippen LogP contribution is 2.22. The van der Waals surface area contributed by atoms with Gasteiger partial charge in [0.05, 0.1) is 6.61 Å². The lowest BCUT2D eigenvalue weighted by atomic mass is 9.85. The van der Waals surface area contributed by atoms with Gasteiger partial charge in [0, 0.05) is 12.0 Å². The number of hydrogen-bond acceptors (Lipinski definition) is 2. The first-order valence-corrected chi connectivity index (χ1v) is 5.41. The van der Waals surface area contributed by atoms with Crippen LogP contribution in [0.3, 0.4) is 0 Å². The summed E-state index contributed by atoms with van der Waals surface area (Å²) in [5.74, 6) is 0. The summed E-state index contributed by atoms with van der Waals surface area (Å²) < 4.78 is 0. The molecule has 1 aromatic carbocycles. The lowest BCUT2D eigenvalue weighted by Gasteiger charge is -2.22. The van der Waals surface area contributed by atoms with Crippen molar-refractivity contribution < 1.29 is 10.2 Å². The van der Waals surface area contributed by atoms with E-state index in [1.165, 1.54) is 5.56 Å². The van der Waals surface area contributed by atoms with E-state index in [2.05, 4.69) is 24.3 Å². The fourth-order valence-corrected chi connectivity index (χ4v) is 1.50. The minimum Gasteiger partial charge on any atom is -0.396 e. The lowest BCUT2D eigenvalue weighted by molar-refractivity contribution is 0.218. The molecule has 1 aromatic rings. The van der Waals surface area contributed by atoms with E-state index in [1.54, 1.807) is 0 Å². The lowest BCUT2D eigenvalue weighted by Crippen LogP contribution is -2.21. The summed E-state index contributed by atoms with van der Waals surface area (Å²) in [5.41, 5.74) is 2.22. The van der Waals surface area contributed by atoms with Crippen molar-refractivity contribution >= 4 is 0 Å². The quantitative estimate of drug-likeness (QED) is 0.775. The molecule has 2 nitrogen and oxygen atoms in total. The zero-order valence-corrected chi connectivity index (χ0v) is 9.53. The maximum Gasteiger partial charge on any atom is 0.0522 e. The zero-order valence-electron chi connectivity index (χ0n) is 9.53. The molecule has 15 heavy (non-hydrogen) atoms. The van der Waals surface area contributed by atoms with Crippen LogP contribution in [0, 0.1) is 0 Å². The Morgan fingerprint density at radius 3 is 2.13 bits per heavy atom. The van der Waals surface area contributed by atoms with Gasteiger partial charge >= 0.3 is 0 Å². The molecule has 0 fully saturated rings. The summed E-state index contributed by atoms with van der Waals surface area (Å²) in [6, 6.07) is 8.26. The molecule has 0 saturated heterocycles. The molecular weight excluding hydrogens is 188 g/mol. The molecular formula is C13H20O2. The summed E-state index contributed by atoms with van der Waals surface area (Å²) in [5, 5.41) is 17.9. The number of aryl methyl sites for hydroxylation is 1. The molecule has 0 bridgehead atoms. The third kappa shape index (κ3) is 3.33. The first kappa shape index (κ1) is 12.2. The normalized spacial score (nSPS) is 11.7. The van der Waals surface area contributed by atoms with E-state index in [1.807, 2.05) is 13.8 Å². The number of aliphatic hydroxyl groups excluding tert-OH is 2. The van der Waals surface area contributed by atoms with Gasteiger partial charge in [0.1, 0.15) is 0 Å². The summed E-state index contributed by atoms with van der Waals surface area (Å²) in [4.78, 5) is 0. The molecule has 0 aliphatic carbocycles. The van der Waals surface area contributed by atoms with E-state index in [-0.39, 0.29) is 18.6 Å². The van der Waals surface area contributed by atoms with Crippen molar-refractivity contribution in [2.75, 3.05) is 13.2 Å². The van der Waals surface area contributed by atoms with E-state index in [0.29, 0.717) is 0 Å². The van der Waals surface area contributed by atoms with Crippen molar-refractivity contribution in [3.63, 3.8) is 0 Å². The molecule has 0 aliphatic rings. The van der Waals surface area contributed by atoms with Crippen molar-refractivity contribution in [2.45, 2.75) is 32.1 Å². The van der Waals surface area contributed by atoms with Gasteiger partial charge in [-0.2, -0.15) is 0 Å². The van der Waals surface area contributed by atoms with Gasteiger partial charge in [-0.15, -0.1) is 0 Å². The third-order valence-corrected chi connectivity index (χ3v) is 2.75. The zero-order chi connectivity index (χ0) is 11.3. The fraction of sp³-hybridized carbons (Fsp3) is 0.538. The van der Waals surface area contributed by atoms with Crippen LogP contribution in [0.25, 0.3) is 0 Å². The van der Waals surface area contributed by atoms with Crippen LogP contribution in [0.5, 0.6) is 0 Å². The van der Waals surface area contributed by atoms with Gasteiger partial charge in [-0.25, -0.2) is 0 Å². The number of benzene rings is 1. The Kier molecular flexibility index (Phi) is 4.30. The van der Waals surface area contributed by atoms with Crippen molar-refractivity contribution in [2.24, 2.45) is 0 Å². The molecule has 2 N–H and O–H groups in total. The average molecular weight is 208 g/mol. The number of rotatable bonds is 5. The van der Waals surface area contributed by atoms with Crippen LogP contribution in [0.2, 0.25) is 0 Å². The molecule has 0 saturated carbocycles. The van der Waals surface area contributed by atoms with Gasteiger partial charge in [0.2, 0.25) is 0 Å². The summed E-state index contributed by atoms with van der Waals surface area (Å²) in [7, 11) is 0. The summed E-state index contributed by atoms with van der Waals surface area (Å²) in [6.45, 7) is 4.44. The highest BCUT2D eigenvalue weighted by Gasteiger charge is 2.18. The molecule has 0 unspecified atom stereocenters. The van der Waals surface area contributed by atoms with E-state index < -0.39 is 0 Å². The van der Waals surface area contributed by atoms with Gasteiger partial charge in [-0.1, -0.05) is 38.1 Å². The van der Waals surface area contributed by atoms with Crippen LogP contribution >= 0.6 is 0 Å². The highest BCUT2D eigenvalue weighted by molar-refractivity contribution is 5.28. The van der Waals surface area contributed by atoms with Crippen molar-refractivity contribution in [3.8, 4) is 0 Å². The van der Waals surface area contributed by atoms with Crippen LogP contribution in [0.1, 0.15) is 31.4 Å². The number of hydrogen-bond donors (Lipinski definition) is 2. The second kappa shape index (κ2) is 5.29. The minimum atomic E-state index is -0.171. The topological polar surface area (TPSA) is 40.5 Å². The fourth-order valence-electron chi connectivity index (χ4n) is 1.50. The van der Waals surface area contributed by atoms with Crippen LogP contribution < -0.4 is 0 Å². The first-order chi connectivity index (χ1) is 7.10. The standard InChI is InChI=1S/C13H20O2/c1-13(2,10-15)12-7-5-11(6-8-12)4-3-9-14/h5-8,14-15H,3-4,9-10H2,1-2H3. The molecule has 0 spiro atoms. The highest BCUT2D eigenvalue weighted by atomic mass is 16.3. The Balaban J connectivity index is 2.72. The molecule has 2 heteroatoms. The number of aliphatic hydroxyl groups is 2. The Morgan fingerprint density at radius 1 is 1.07 bits per heavy atom. The minimum absolute atomic E-state index is 0.156. The predicted molar refractivity (Wildman–Crippen MR) is 62.0 cm³/mol. The molecule has 0 radical (unpaired) electrons. The monoisotopic (exact) mass is 208 g/mol. The average Bonchev–Trinajstić information content (AvgIpc) is 2.27. The molecule has 0 heterocycles. The van der Waals surface area contributed by atoms with Crippen LogP contribution in [-0.2, 0) is 11.8 Å². The summed E-state index contributed by atoms with van der Waals surface area (Å²) >= 11 is 0. The van der Waals surface area contributed by atoms with Gasteiger partial charge in [0.15, 0.2) is 0 Å². The molecule has 0 atom stereocenters. The van der Waals surface area contributed by atoms with Gasteiger partial charge in [-0.05, 0) is 24.0 Å². The second-order valence-electron chi connectivity index (χ2n) is 4.57. The van der Waals surface area contributed by atoms with Crippen LogP contribution in [0.4, 0.5) is 0 Å². The molecule has 0 aromatic heterocycles. The predicted octanol–water partition coefficient (Wildman–Crippen LogP) is 1.88. The molecule has 1 rings (SSSR count). The molecule has 0 amide bonds. The largest absolute Gasteiger partial charge is 0.396 e. The smallest absolute Gasteiger partial charge is 0.0522 e. The Morgan fingerprint density at radius 2 is 1.67 bits per heavy atom. The van der Waals surface area contributed by atoms with Crippen LogP contribution in [-0.4, -0.2) is 23.4 Å².